The maximum atomic E-state index is 11.6. The summed E-state index contributed by atoms with van der Waals surface area (Å²) in [6.07, 6.45) is 7.10. The van der Waals surface area contributed by atoms with Crippen molar-refractivity contribution < 1.29 is 4.79 Å². The third-order valence-corrected chi connectivity index (χ3v) is 5.07. The third-order valence-electron chi connectivity index (χ3n) is 5.07. The molecular formula is C20H33IN6O. The first-order valence-corrected chi connectivity index (χ1v) is 10.3. The van der Waals surface area contributed by atoms with Crippen molar-refractivity contribution in [1.29, 1.82) is 0 Å². The van der Waals surface area contributed by atoms with Gasteiger partial charge in [-0.25, -0.2) is 9.98 Å². The van der Waals surface area contributed by atoms with E-state index in [1.807, 2.05) is 11.1 Å². The second-order valence-corrected chi connectivity index (χ2v) is 7.18. The van der Waals surface area contributed by atoms with Gasteiger partial charge in [0.25, 0.3) is 0 Å². The van der Waals surface area contributed by atoms with E-state index in [4.69, 9.17) is 0 Å². The number of hydrogen-bond acceptors (Lipinski definition) is 4. The van der Waals surface area contributed by atoms with Crippen molar-refractivity contribution >= 4 is 41.7 Å². The molecule has 2 N–H and O–H groups in total. The fraction of sp³-hybridized carbons (Fsp3) is 0.650. The van der Waals surface area contributed by atoms with E-state index in [-0.39, 0.29) is 24.0 Å². The Morgan fingerprint density at radius 2 is 2.00 bits per heavy atom. The van der Waals surface area contributed by atoms with Crippen LogP contribution >= 0.6 is 24.0 Å². The molecule has 0 unspecified atom stereocenters. The quantitative estimate of drug-likeness (QED) is 0.248. The average molecular weight is 500 g/mol. The summed E-state index contributed by atoms with van der Waals surface area (Å²) in [6, 6.07) is 4.22. The van der Waals surface area contributed by atoms with Crippen molar-refractivity contribution in [2.75, 3.05) is 44.2 Å². The van der Waals surface area contributed by atoms with E-state index in [9.17, 15) is 4.79 Å². The summed E-state index contributed by atoms with van der Waals surface area (Å²) in [5, 5.41) is 6.63. The number of halogens is 1. The summed E-state index contributed by atoms with van der Waals surface area (Å²) in [5.41, 5.74) is 1.11. The first kappa shape index (κ1) is 22.7. The van der Waals surface area contributed by atoms with Crippen LogP contribution in [0.4, 0.5) is 5.82 Å². The molecule has 7 nitrogen and oxygen atoms in total. The first-order chi connectivity index (χ1) is 13.3. The Morgan fingerprint density at radius 3 is 2.64 bits per heavy atom. The minimum Gasteiger partial charge on any atom is -0.357 e. The van der Waals surface area contributed by atoms with Crippen LogP contribution in [0, 0.1) is 0 Å². The van der Waals surface area contributed by atoms with Gasteiger partial charge in [0.1, 0.15) is 5.82 Å². The number of likely N-dealkylation sites (tertiary alicyclic amines) is 1. The number of carbonyl (C=O) groups excluding carboxylic acids is 1. The minimum atomic E-state index is 0. The molecule has 2 fully saturated rings. The molecule has 3 rings (SSSR count). The lowest BCUT2D eigenvalue weighted by atomic mass is 10.3. The van der Waals surface area contributed by atoms with Crippen molar-refractivity contribution in [3.8, 4) is 0 Å². The zero-order valence-electron chi connectivity index (χ0n) is 16.8. The highest BCUT2D eigenvalue weighted by Gasteiger charge is 2.19. The number of hydrogen-bond donors (Lipinski definition) is 2. The van der Waals surface area contributed by atoms with Gasteiger partial charge >= 0.3 is 0 Å². The van der Waals surface area contributed by atoms with Gasteiger partial charge in [0.15, 0.2) is 5.96 Å². The molecule has 2 aliphatic heterocycles. The van der Waals surface area contributed by atoms with Gasteiger partial charge < -0.3 is 20.4 Å². The Bertz CT molecular complexity index is 630. The average Bonchev–Trinajstić information content (AvgIpc) is 3.36. The van der Waals surface area contributed by atoms with Crippen molar-refractivity contribution in [1.82, 2.24) is 20.5 Å². The SMILES string of the molecule is CCNC(=NCc1ccc(N2CCCC2)nc1)NCCCN1CCCC1=O.I. The van der Waals surface area contributed by atoms with E-state index >= 15 is 0 Å². The highest BCUT2D eigenvalue weighted by molar-refractivity contribution is 14.0. The second kappa shape index (κ2) is 12.1. The van der Waals surface area contributed by atoms with E-state index < -0.39 is 0 Å². The lowest BCUT2D eigenvalue weighted by Crippen LogP contribution is -2.39. The Hall–Kier alpha value is -1.58. The molecule has 28 heavy (non-hydrogen) atoms. The zero-order chi connectivity index (χ0) is 18.9. The molecule has 0 bridgehead atoms. The monoisotopic (exact) mass is 500 g/mol. The van der Waals surface area contributed by atoms with Gasteiger partial charge in [-0.3, -0.25) is 4.79 Å². The van der Waals surface area contributed by atoms with Crippen LogP contribution in [0.1, 0.15) is 44.6 Å². The largest absolute Gasteiger partial charge is 0.357 e. The van der Waals surface area contributed by atoms with Crippen LogP contribution < -0.4 is 15.5 Å². The highest BCUT2D eigenvalue weighted by atomic mass is 127. The standard InChI is InChI=1S/C20H32N6O.HI/c1-2-21-20(22-10-6-14-26-13-5-7-19(26)27)24-16-17-8-9-18(23-15-17)25-11-3-4-12-25;/h8-9,15H,2-7,10-14,16H2,1H3,(H2,21,22,24);1H. The number of nitrogens with zero attached hydrogens (tertiary/aromatic N) is 4. The molecule has 2 saturated heterocycles. The normalized spacial score (nSPS) is 17.0. The smallest absolute Gasteiger partial charge is 0.222 e. The molecule has 2 aliphatic rings. The molecule has 1 amide bonds. The molecule has 0 radical (unpaired) electrons. The maximum absolute atomic E-state index is 11.6. The summed E-state index contributed by atoms with van der Waals surface area (Å²) in [6.45, 7) is 8.26. The van der Waals surface area contributed by atoms with Gasteiger partial charge in [-0.15, -0.1) is 24.0 Å². The van der Waals surface area contributed by atoms with Crippen LogP contribution in [0.3, 0.4) is 0 Å². The van der Waals surface area contributed by atoms with E-state index in [1.165, 1.54) is 12.8 Å². The van der Waals surface area contributed by atoms with Crippen LogP contribution in [-0.2, 0) is 11.3 Å². The molecule has 1 aromatic rings. The molecule has 8 heteroatoms. The Morgan fingerprint density at radius 1 is 1.18 bits per heavy atom. The Kier molecular flexibility index (Phi) is 9.80. The second-order valence-electron chi connectivity index (χ2n) is 7.18. The lowest BCUT2D eigenvalue weighted by Gasteiger charge is -2.17. The number of aliphatic imine (C=N–C) groups is 1. The fourth-order valence-corrected chi connectivity index (χ4v) is 3.57. The van der Waals surface area contributed by atoms with Crippen LogP contribution in [0.25, 0.3) is 0 Å². The first-order valence-electron chi connectivity index (χ1n) is 10.3. The number of anilines is 1. The summed E-state index contributed by atoms with van der Waals surface area (Å²) in [4.78, 5) is 25.2. The molecule has 1 aromatic heterocycles. The Balaban J connectivity index is 0.00000280. The third kappa shape index (κ3) is 6.79. The number of nitrogens with one attached hydrogen (secondary N) is 2. The fourth-order valence-electron chi connectivity index (χ4n) is 3.57. The van der Waals surface area contributed by atoms with Crippen molar-refractivity contribution in [2.24, 2.45) is 4.99 Å². The highest BCUT2D eigenvalue weighted by Crippen LogP contribution is 2.17. The number of rotatable bonds is 8. The van der Waals surface area contributed by atoms with Gasteiger partial charge in [0, 0.05) is 51.9 Å². The van der Waals surface area contributed by atoms with Crippen LogP contribution in [0.15, 0.2) is 23.3 Å². The number of amides is 1. The topological polar surface area (TPSA) is 72.9 Å². The van der Waals surface area contributed by atoms with Gasteiger partial charge in [0.2, 0.25) is 5.91 Å². The molecule has 3 heterocycles. The van der Waals surface area contributed by atoms with Crippen molar-refractivity contribution in [2.45, 2.75) is 45.6 Å². The molecule has 156 valence electrons. The minimum absolute atomic E-state index is 0. The maximum Gasteiger partial charge on any atom is 0.222 e. The van der Waals surface area contributed by atoms with Crippen molar-refractivity contribution in [3.05, 3.63) is 23.9 Å². The molecule has 0 aromatic carbocycles. The lowest BCUT2D eigenvalue weighted by molar-refractivity contribution is -0.127. The van der Waals surface area contributed by atoms with Gasteiger partial charge in [-0.1, -0.05) is 6.07 Å². The van der Waals surface area contributed by atoms with E-state index in [0.29, 0.717) is 18.9 Å². The molecule has 0 atom stereocenters. The number of pyridine rings is 1. The number of guanidine groups is 1. The summed E-state index contributed by atoms with van der Waals surface area (Å²) in [5.74, 6) is 2.18. The summed E-state index contributed by atoms with van der Waals surface area (Å²) < 4.78 is 0. The summed E-state index contributed by atoms with van der Waals surface area (Å²) >= 11 is 0. The zero-order valence-corrected chi connectivity index (χ0v) is 19.2. The summed E-state index contributed by atoms with van der Waals surface area (Å²) in [7, 11) is 0. The van der Waals surface area contributed by atoms with Gasteiger partial charge in [-0.2, -0.15) is 0 Å². The molecular weight excluding hydrogens is 467 g/mol. The van der Waals surface area contributed by atoms with E-state index in [2.05, 4.69) is 44.6 Å². The number of carbonyl (C=O) groups is 1. The van der Waals surface area contributed by atoms with E-state index in [1.54, 1.807) is 0 Å². The van der Waals surface area contributed by atoms with Gasteiger partial charge in [-0.05, 0) is 44.2 Å². The van der Waals surface area contributed by atoms with Crippen molar-refractivity contribution in [3.63, 3.8) is 0 Å². The van der Waals surface area contributed by atoms with Crippen LogP contribution in [0.2, 0.25) is 0 Å². The molecule has 0 saturated carbocycles. The molecule has 0 aliphatic carbocycles. The van der Waals surface area contributed by atoms with Gasteiger partial charge in [0.05, 0.1) is 6.54 Å². The number of aromatic nitrogens is 1. The van der Waals surface area contributed by atoms with Crippen LogP contribution in [0.5, 0.6) is 0 Å². The van der Waals surface area contributed by atoms with Crippen LogP contribution in [-0.4, -0.2) is 61.0 Å². The predicted molar refractivity (Wildman–Crippen MR) is 124 cm³/mol. The Labute approximate surface area is 185 Å². The predicted octanol–water partition coefficient (Wildman–Crippen LogP) is 2.37. The molecule has 0 spiro atoms. The van der Waals surface area contributed by atoms with E-state index in [0.717, 1.165) is 69.5 Å².